The molecule has 0 bridgehead atoms. The van der Waals surface area contributed by atoms with Gasteiger partial charge in [-0.2, -0.15) is 0 Å². The maximum Gasteiger partial charge on any atom is 0.337 e. The molecule has 0 atom stereocenters. The number of nitrogens with one attached hydrogen (secondary N) is 1. The molecule has 2 heterocycles. The fourth-order valence-corrected chi connectivity index (χ4v) is 3.29. The first kappa shape index (κ1) is 19.2. The average Bonchev–Trinajstić information content (AvgIpc) is 2.61. The molecule has 142 valence electrons. The van der Waals surface area contributed by atoms with E-state index in [-0.39, 0.29) is 16.4 Å². The number of hydrogen-bond acceptors (Lipinski definition) is 4. The minimum absolute atomic E-state index is 0.00979. The van der Waals surface area contributed by atoms with Crippen molar-refractivity contribution in [3.8, 4) is 0 Å². The molecule has 3 rings (SSSR count). The van der Waals surface area contributed by atoms with E-state index < -0.39 is 17.6 Å². The van der Waals surface area contributed by atoms with Crippen LogP contribution in [0.1, 0.15) is 10.4 Å². The Bertz CT molecular complexity index is 891. The van der Waals surface area contributed by atoms with Crippen molar-refractivity contribution in [2.75, 3.05) is 36.4 Å². The Morgan fingerprint density at radius 2 is 1.93 bits per heavy atom. The number of nitrogens with zero attached hydrogens (tertiary/aromatic N) is 3. The van der Waals surface area contributed by atoms with Gasteiger partial charge in [-0.05, 0) is 30.4 Å². The monoisotopic (exact) mass is 412 g/mol. The second-order valence-electron chi connectivity index (χ2n) is 5.86. The number of carboxylic acid groups (broad SMARTS) is 1. The maximum atomic E-state index is 13.9. The van der Waals surface area contributed by atoms with Gasteiger partial charge in [0.1, 0.15) is 5.82 Å². The molecular formula is C17H15ClF2N4O2S. The Morgan fingerprint density at radius 3 is 2.52 bits per heavy atom. The largest absolute Gasteiger partial charge is 0.478 e. The number of halogens is 3. The highest BCUT2D eigenvalue weighted by molar-refractivity contribution is 7.80. The third kappa shape index (κ3) is 4.42. The summed E-state index contributed by atoms with van der Waals surface area (Å²) in [5.41, 5.74) is 0.583. The van der Waals surface area contributed by atoms with E-state index in [0.717, 1.165) is 12.3 Å². The summed E-state index contributed by atoms with van der Waals surface area (Å²) in [7, 11) is 0. The number of anilines is 2. The first-order valence-corrected chi connectivity index (χ1v) is 8.78. The van der Waals surface area contributed by atoms with Crippen molar-refractivity contribution in [1.29, 1.82) is 0 Å². The number of hydrogen-bond donors (Lipinski definition) is 2. The van der Waals surface area contributed by atoms with Gasteiger partial charge in [0.15, 0.2) is 16.7 Å². The normalized spacial score (nSPS) is 14.2. The van der Waals surface area contributed by atoms with Crippen LogP contribution in [-0.2, 0) is 0 Å². The van der Waals surface area contributed by atoms with E-state index >= 15 is 0 Å². The summed E-state index contributed by atoms with van der Waals surface area (Å²) in [5, 5.41) is 12.6. The molecule has 27 heavy (non-hydrogen) atoms. The van der Waals surface area contributed by atoms with Crippen LogP contribution in [0.25, 0.3) is 0 Å². The van der Waals surface area contributed by atoms with Crippen molar-refractivity contribution in [3.63, 3.8) is 0 Å². The van der Waals surface area contributed by atoms with E-state index in [4.69, 9.17) is 28.9 Å². The third-order valence-corrected chi connectivity index (χ3v) is 4.78. The summed E-state index contributed by atoms with van der Waals surface area (Å²) >= 11 is 11.3. The lowest BCUT2D eigenvalue weighted by Crippen LogP contribution is -2.50. The van der Waals surface area contributed by atoms with Gasteiger partial charge in [0.05, 0.1) is 16.8 Å². The first-order chi connectivity index (χ1) is 12.8. The molecule has 2 aromatic rings. The third-order valence-electron chi connectivity index (χ3n) is 4.11. The zero-order valence-electron chi connectivity index (χ0n) is 14.0. The van der Waals surface area contributed by atoms with Crippen LogP contribution in [0.2, 0.25) is 5.02 Å². The van der Waals surface area contributed by atoms with E-state index in [0.29, 0.717) is 37.0 Å². The molecule has 0 radical (unpaired) electrons. The predicted molar refractivity (Wildman–Crippen MR) is 103 cm³/mol. The van der Waals surface area contributed by atoms with Crippen molar-refractivity contribution in [2.24, 2.45) is 0 Å². The van der Waals surface area contributed by atoms with Crippen LogP contribution in [0.15, 0.2) is 30.5 Å². The number of carbonyl (C=O) groups is 1. The van der Waals surface area contributed by atoms with E-state index in [1.807, 2.05) is 4.90 Å². The van der Waals surface area contributed by atoms with Crippen molar-refractivity contribution in [2.45, 2.75) is 0 Å². The number of thiocarbonyl (C=S) groups is 1. The van der Waals surface area contributed by atoms with Crippen LogP contribution < -0.4 is 10.2 Å². The zero-order chi connectivity index (χ0) is 19.6. The fraction of sp³-hybridized carbons (Fsp3) is 0.235. The minimum atomic E-state index is -1.10. The Kier molecular flexibility index (Phi) is 5.71. The molecule has 0 spiro atoms. The molecule has 6 nitrogen and oxygen atoms in total. The highest BCUT2D eigenvalue weighted by Gasteiger charge is 2.22. The Morgan fingerprint density at radius 1 is 1.22 bits per heavy atom. The van der Waals surface area contributed by atoms with Gasteiger partial charge in [-0.15, -0.1) is 0 Å². The minimum Gasteiger partial charge on any atom is -0.478 e. The standard InChI is InChI=1S/C17H15ClF2N4O2S/c18-13-8-11(1-2-12(13)16(25)26)22-17(27)24-5-3-23(4-6-24)15-14(20)7-10(19)9-21-15/h1-2,7-9H,3-6H2,(H,22,27)(H,25,26). The highest BCUT2D eigenvalue weighted by atomic mass is 35.5. The van der Waals surface area contributed by atoms with Crippen LogP contribution in [-0.4, -0.2) is 52.3 Å². The number of carboxylic acids is 1. The lowest BCUT2D eigenvalue weighted by Gasteiger charge is -2.36. The van der Waals surface area contributed by atoms with E-state index in [2.05, 4.69) is 10.3 Å². The number of benzene rings is 1. The Balaban J connectivity index is 1.60. The summed E-state index contributed by atoms with van der Waals surface area (Å²) in [4.78, 5) is 18.4. The molecular weight excluding hydrogens is 398 g/mol. The SMILES string of the molecule is O=C(O)c1ccc(NC(=S)N2CCN(c3ncc(F)cc3F)CC2)cc1Cl. The smallest absolute Gasteiger partial charge is 0.337 e. The molecule has 0 saturated carbocycles. The second kappa shape index (κ2) is 8.01. The highest BCUT2D eigenvalue weighted by Crippen LogP contribution is 2.22. The molecule has 1 saturated heterocycles. The van der Waals surface area contributed by atoms with Crippen LogP contribution in [0.5, 0.6) is 0 Å². The molecule has 0 amide bonds. The van der Waals surface area contributed by atoms with Crippen LogP contribution in [0, 0.1) is 11.6 Å². The van der Waals surface area contributed by atoms with Crippen molar-refractivity contribution >= 4 is 46.4 Å². The lowest BCUT2D eigenvalue weighted by molar-refractivity contribution is 0.0697. The van der Waals surface area contributed by atoms with Gasteiger partial charge in [-0.25, -0.2) is 18.6 Å². The molecule has 10 heteroatoms. The fourth-order valence-electron chi connectivity index (χ4n) is 2.73. The quantitative estimate of drug-likeness (QED) is 0.750. The number of aromatic nitrogens is 1. The number of aromatic carboxylic acids is 1. The zero-order valence-corrected chi connectivity index (χ0v) is 15.5. The molecule has 0 aliphatic carbocycles. The van der Waals surface area contributed by atoms with Crippen molar-refractivity contribution in [1.82, 2.24) is 9.88 Å². The average molecular weight is 413 g/mol. The topological polar surface area (TPSA) is 68.7 Å². The summed E-state index contributed by atoms with van der Waals surface area (Å²) in [6, 6.07) is 5.28. The van der Waals surface area contributed by atoms with Crippen LogP contribution >= 0.6 is 23.8 Å². The van der Waals surface area contributed by atoms with Gasteiger partial charge in [0.25, 0.3) is 0 Å². The van der Waals surface area contributed by atoms with Gasteiger partial charge < -0.3 is 20.2 Å². The summed E-state index contributed by atoms with van der Waals surface area (Å²) in [6.07, 6.45) is 0.988. The van der Waals surface area contributed by atoms with Gasteiger partial charge in [-0.1, -0.05) is 11.6 Å². The van der Waals surface area contributed by atoms with Crippen molar-refractivity contribution < 1.29 is 18.7 Å². The van der Waals surface area contributed by atoms with Gasteiger partial charge in [0, 0.05) is 37.9 Å². The maximum absolute atomic E-state index is 13.9. The lowest BCUT2D eigenvalue weighted by atomic mass is 10.2. The van der Waals surface area contributed by atoms with Gasteiger partial charge in [0.2, 0.25) is 0 Å². The Hall–Kier alpha value is -2.52. The number of piperazine rings is 1. The van der Waals surface area contributed by atoms with E-state index in [1.54, 1.807) is 11.0 Å². The molecule has 1 fully saturated rings. The molecule has 1 aliphatic heterocycles. The van der Waals surface area contributed by atoms with Crippen molar-refractivity contribution in [3.05, 3.63) is 52.7 Å². The van der Waals surface area contributed by atoms with Crippen LogP contribution in [0.4, 0.5) is 20.3 Å². The first-order valence-electron chi connectivity index (χ1n) is 8.00. The summed E-state index contributed by atoms with van der Waals surface area (Å²) in [5.74, 6) is -2.40. The van der Waals surface area contributed by atoms with E-state index in [9.17, 15) is 13.6 Å². The van der Waals surface area contributed by atoms with Gasteiger partial charge >= 0.3 is 5.97 Å². The molecule has 1 aromatic carbocycles. The number of rotatable bonds is 3. The molecule has 0 unspecified atom stereocenters. The number of pyridine rings is 1. The molecule has 2 N–H and O–H groups in total. The molecule has 1 aliphatic rings. The van der Waals surface area contributed by atoms with Gasteiger partial charge in [-0.3, -0.25) is 0 Å². The molecule has 1 aromatic heterocycles. The second-order valence-corrected chi connectivity index (χ2v) is 6.66. The van der Waals surface area contributed by atoms with E-state index in [1.165, 1.54) is 12.1 Å². The summed E-state index contributed by atoms with van der Waals surface area (Å²) < 4.78 is 26.8. The summed E-state index contributed by atoms with van der Waals surface area (Å²) in [6.45, 7) is 1.97. The predicted octanol–water partition coefficient (Wildman–Crippen LogP) is 3.23. The van der Waals surface area contributed by atoms with Crippen LogP contribution in [0.3, 0.4) is 0 Å². The Labute approximate surface area is 164 Å².